The van der Waals surface area contributed by atoms with Crippen LogP contribution in [0.15, 0.2) is 17.3 Å². The van der Waals surface area contributed by atoms with E-state index in [4.69, 9.17) is 0 Å². The maximum absolute atomic E-state index is 11.8. The van der Waals surface area contributed by atoms with Crippen LogP contribution in [0.25, 0.3) is 0 Å². The Bertz CT molecular complexity index is 393. The first-order valence-corrected chi connectivity index (χ1v) is 6.68. The van der Waals surface area contributed by atoms with Gasteiger partial charge in [0.1, 0.15) is 0 Å². The number of hydrogen-bond acceptors (Lipinski definition) is 3. The molecule has 1 saturated carbocycles. The Kier molecular flexibility index (Phi) is 3.06. The molecule has 0 bridgehead atoms. The summed E-state index contributed by atoms with van der Waals surface area (Å²) in [5.41, 5.74) is 0. The molecule has 0 amide bonds. The summed E-state index contributed by atoms with van der Waals surface area (Å²) < 4.78 is 26.3. The van der Waals surface area contributed by atoms with Gasteiger partial charge in [0.05, 0.1) is 6.20 Å². The lowest BCUT2D eigenvalue weighted by Gasteiger charge is -2.21. The topological polar surface area (TPSA) is 74.8 Å². The van der Waals surface area contributed by atoms with Crippen molar-refractivity contribution in [3.63, 3.8) is 0 Å². The lowest BCUT2D eigenvalue weighted by Crippen LogP contribution is -2.36. The van der Waals surface area contributed by atoms with Gasteiger partial charge in [-0.3, -0.25) is 5.10 Å². The molecule has 2 rings (SSSR count). The van der Waals surface area contributed by atoms with Gasteiger partial charge in [0.2, 0.25) is 0 Å². The minimum Gasteiger partial charge on any atom is -0.266 e. The number of rotatable bonds is 3. The predicted octanol–water partition coefficient (Wildman–Crippen LogP) is 1.02. The van der Waals surface area contributed by atoms with Gasteiger partial charge in [0.15, 0.2) is 5.03 Å². The van der Waals surface area contributed by atoms with E-state index in [-0.39, 0.29) is 11.1 Å². The molecule has 15 heavy (non-hydrogen) atoms. The van der Waals surface area contributed by atoms with Crippen LogP contribution in [-0.4, -0.2) is 24.7 Å². The Morgan fingerprint density at radius 2 is 2.07 bits per heavy atom. The minimum atomic E-state index is -3.38. The van der Waals surface area contributed by atoms with E-state index in [1.807, 2.05) is 0 Å². The number of H-pyrrole nitrogens is 1. The average Bonchev–Trinajstić information content (AvgIpc) is 2.71. The SMILES string of the molecule is O=S(=O)(NC1CCCCC1)c1ccn[nH]1. The summed E-state index contributed by atoms with van der Waals surface area (Å²) in [5.74, 6) is 0. The zero-order valence-corrected chi connectivity index (χ0v) is 9.26. The fourth-order valence-corrected chi connectivity index (χ4v) is 3.11. The zero-order valence-electron chi connectivity index (χ0n) is 8.44. The van der Waals surface area contributed by atoms with Crippen molar-refractivity contribution >= 4 is 10.0 Å². The third-order valence-corrected chi connectivity index (χ3v) is 4.14. The standard InChI is InChI=1S/C9H15N3O2S/c13-15(14,9-6-7-10-11-9)12-8-4-2-1-3-5-8/h6-8,12H,1-5H2,(H,10,11). The van der Waals surface area contributed by atoms with Gasteiger partial charge in [0, 0.05) is 6.04 Å². The Morgan fingerprint density at radius 3 is 2.67 bits per heavy atom. The van der Waals surface area contributed by atoms with Crippen molar-refractivity contribution in [3.05, 3.63) is 12.3 Å². The van der Waals surface area contributed by atoms with Gasteiger partial charge in [-0.2, -0.15) is 5.10 Å². The van der Waals surface area contributed by atoms with E-state index >= 15 is 0 Å². The molecule has 0 aliphatic heterocycles. The largest absolute Gasteiger partial charge is 0.266 e. The average molecular weight is 229 g/mol. The fourth-order valence-electron chi connectivity index (χ4n) is 1.90. The van der Waals surface area contributed by atoms with Gasteiger partial charge in [-0.1, -0.05) is 19.3 Å². The number of aromatic nitrogens is 2. The van der Waals surface area contributed by atoms with Crippen molar-refractivity contribution in [2.45, 2.75) is 43.2 Å². The molecule has 1 aromatic heterocycles. The van der Waals surface area contributed by atoms with Crippen LogP contribution >= 0.6 is 0 Å². The van der Waals surface area contributed by atoms with Crippen molar-refractivity contribution in [2.75, 3.05) is 0 Å². The summed E-state index contributed by atoms with van der Waals surface area (Å²) in [5, 5.41) is 6.25. The van der Waals surface area contributed by atoms with E-state index in [0.29, 0.717) is 0 Å². The van der Waals surface area contributed by atoms with Crippen LogP contribution in [0.1, 0.15) is 32.1 Å². The second-order valence-corrected chi connectivity index (χ2v) is 5.56. The van der Waals surface area contributed by atoms with Crippen LogP contribution in [0, 0.1) is 0 Å². The minimum absolute atomic E-state index is 0.0899. The van der Waals surface area contributed by atoms with Gasteiger partial charge < -0.3 is 0 Å². The van der Waals surface area contributed by atoms with Crippen molar-refractivity contribution in [1.82, 2.24) is 14.9 Å². The van der Waals surface area contributed by atoms with Gasteiger partial charge in [0.25, 0.3) is 10.0 Å². The fraction of sp³-hybridized carbons (Fsp3) is 0.667. The van der Waals surface area contributed by atoms with Crippen molar-refractivity contribution < 1.29 is 8.42 Å². The maximum atomic E-state index is 11.8. The highest BCUT2D eigenvalue weighted by molar-refractivity contribution is 7.89. The van der Waals surface area contributed by atoms with Crippen molar-refractivity contribution in [3.8, 4) is 0 Å². The molecule has 2 N–H and O–H groups in total. The maximum Gasteiger partial charge on any atom is 0.257 e. The third-order valence-electron chi connectivity index (χ3n) is 2.69. The van der Waals surface area contributed by atoms with Gasteiger partial charge >= 0.3 is 0 Å². The molecule has 5 nitrogen and oxygen atoms in total. The Labute approximate surface area is 89.3 Å². The molecule has 1 heterocycles. The molecule has 0 saturated heterocycles. The Balaban J connectivity index is 2.04. The van der Waals surface area contributed by atoms with Crippen LogP contribution < -0.4 is 4.72 Å². The van der Waals surface area contributed by atoms with Crippen LogP contribution in [0.3, 0.4) is 0 Å². The van der Waals surface area contributed by atoms with Gasteiger partial charge in [-0.15, -0.1) is 0 Å². The summed E-state index contributed by atoms with van der Waals surface area (Å²) >= 11 is 0. The molecule has 1 fully saturated rings. The number of sulfonamides is 1. The molecule has 1 aliphatic carbocycles. The number of nitrogens with zero attached hydrogens (tertiary/aromatic N) is 1. The van der Waals surface area contributed by atoms with Gasteiger partial charge in [-0.25, -0.2) is 13.1 Å². The highest BCUT2D eigenvalue weighted by atomic mass is 32.2. The zero-order chi connectivity index (χ0) is 10.7. The quantitative estimate of drug-likeness (QED) is 0.812. The van der Waals surface area contributed by atoms with E-state index in [1.54, 1.807) is 0 Å². The monoisotopic (exact) mass is 229 g/mol. The first-order valence-electron chi connectivity index (χ1n) is 5.20. The summed E-state index contributed by atoms with van der Waals surface area (Å²) in [6, 6.07) is 1.55. The Hall–Kier alpha value is -0.880. The normalized spacial score (nSPS) is 19.2. The number of nitrogens with one attached hydrogen (secondary N) is 2. The van der Waals surface area contributed by atoms with E-state index < -0.39 is 10.0 Å². The van der Waals surface area contributed by atoms with Crippen LogP contribution in [0.5, 0.6) is 0 Å². The summed E-state index contributed by atoms with van der Waals surface area (Å²) in [6.07, 6.45) is 6.74. The summed E-state index contributed by atoms with van der Waals surface area (Å²) in [7, 11) is -3.38. The molecule has 0 aromatic carbocycles. The molecule has 1 aromatic rings. The lowest BCUT2D eigenvalue weighted by molar-refractivity contribution is 0.411. The summed E-state index contributed by atoms with van der Waals surface area (Å²) in [6.45, 7) is 0. The smallest absolute Gasteiger partial charge is 0.257 e. The molecule has 0 unspecified atom stereocenters. The molecule has 1 aliphatic rings. The molecule has 0 atom stereocenters. The second kappa shape index (κ2) is 4.32. The molecule has 6 heteroatoms. The highest BCUT2D eigenvalue weighted by Crippen LogP contribution is 2.19. The molecule has 84 valence electrons. The molecular formula is C9H15N3O2S. The van der Waals surface area contributed by atoms with E-state index in [2.05, 4.69) is 14.9 Å². The second-order valence-electron chi connectivity index (χ2n) is 3.88. The number of aromatic amines is 1. The van der Waals surface area contributed by atoms with Crippen molar-refractivity contribution in [1.29, 1.82) is 0 Å². The van der Waals surface area contributed by atoms with E-state index in [9.17, 15) is 8.42 Å². The van der Waals surface area contributed by atoms with Crippen LogP contribution in [-0.2, 0) is 10.0 Å². The Morgan fingerprint density at radius 1 is 1.33 bits per heavy atom. The highest BCUT2D eigenvalue weighted by Gasteiger charge is 2.22. The molecular weight excluding hydrogens is 214 g/mol. The van der Waals surface area contributed by atoms with Crippen molar-refractivity contribution in [2.24, 2.45) is 0 Å². The van der Waals surface area contributed by atoms with Crippen LogP contribution in [0.2, 0.25) is 0 Å². The summed E-state index contributed by atoms with van der Waals surface area (Å²) in [4.78, 5) is 0. The lowest BCUT2D eigenvalue weighted by atomic mass is 9.96. The van der Waals surface area contributed by atoms with E-state index in [1.165, 1.54) is 18.7 Å². The molecule has 0 radical (unpaired) electrons. The van der Waals surface area contributed by atoms with Gasteiger partial charge in [-0.05, 0) is 18.9 Å². The first-order chi connectivity index (χ1) is 7.18. The molecule has 0 spiro atoms. The van der Waals surface area contributed by atoms with Crippen LogP contribution in [0.4, 0.5) is 0 Å². The van der Waals surface area contributed by atoms with E-state index in [0.717, 1.165) is 25.7 Å². The number of hydrogen-bond donors (Lipinski definition) is 2. The predicted molar refractivity (Wildman–Crippen MR) is 55.8 cm³/mol. The first kappa shape index (κ1) is 10.6. The third kappa shape index (κ3) is 2.57.